The van der Waals surface area contributed by atoms with Gasteiger partial charge >= 0.3 is 0 Å². The van der Waals surface area contributed by atoms with Crippen molar-refractivity contribution in [2.45, 2.75) is 25.4 Å². The van der Waals surface area contributed by atoms with E-state index in [1.165, 1.54) is 22.1 Å². The van der Waals surface area contributed by atoms with Crippen LogP contribution in [0.4, 0.5) is 0 Å². The van der Waals surface area contributed by atoms with Crippen molar-refractivity contribution in [3.63, 3.8) is 0 Å². The largest absolute Gasteiger partial charge is 0.378 e. The molecule has 1 unspecified atom stereocenters. The quantitative estimate of drug-likeness (QED) is 0.446. The minimum Gasteiger partial charge on any atom is -0.378 e. The fourth-order valence-electron chi connectivity index (χ4n) is 1.08. The van der Waals surface area contributed by atoms with E-state index in [0.29, 0.717) is 6.10 Å². The highest BCUT2D eigenvalue weighted by Gasteiger charge is 2.14. The second-order valence-corrected chi connectivity index (χ2v) is 3.75. The number of rotatable bonds is 4. The Bertz CT molecular complexity index is 85.8. The third kappa shape index (κ3) is 3.41. The van der Waals surface area contributed by atoms with Gasteiger partial charge in [-0.15, -0.1) is 0 Å². The maximum atomic E-state index is 5.41. The van der Waals surface area contributed by atoms with Gasteiger partial charge in [-0.25, -0.2) is 0 Å². The Balaban J connectivity index is 1.91. The van der Waals surface area contributed by atoms with E-state index in [1.807, 2.05) is 0 Å². The first kappa shape index (κ1) is 9.09. The molecule has 2 nitrogen and oxygen atoms in total. The summed E-state index contributed by atoms with van der Waals surface area (Å²) < 4.78 is 10.5. The van der Waals surface area contributed by atoms with E-state index in [1.54, 1.807) is 0 Å². The lowest BCUT2D eigenvalue weighted by Crippen LogP contribution is -2.06. The van der Waals surface area contributed by atoms with Crippen molar-refractivity contribution in [1.29, 1.82) is 0 Å². The minimum atomic E-state index is 0.476. The van der Waals surface area contributed by atoms with Crippen molar-refractivity contribution < 1.29 is 8.92 Å². The van der Waals surface area contributed by atoms with Crippen molar-refractivity contribution in [2.75, 3.05) is 13.2 Å². The second-order valence-electron chi connectivity index (χ2n) is 2.31. The van der Waals surface area contributed by atoms with Gasteiger partial charge in [-0.2, -0.15) is 0 Å². The maximum absolute atomic E-state index is 5.41. The Morgan fingerprint density at radius 2 is 2.60 bits per heavy atom. The summed E-state index contributed by atoms with van der Waals surface area (Å²) in [7, 11) is 1.40. The lowest BCUT2D eigenvalue weighted by atomic mass is 10.2. The summed E-state index contributed by atoms with van der Waals surface area (Å²) in [5.41, 5.74) is 0. The Morgan fingerprint density at radius 3 is 3.20 bits per heavy atom. The van der Waals surface area contributed by atoms with Crippen molar-refractivity contribution in [3.05, 3.63) is 0 Å². The van der Waals surface area contributed by atoms with Gasteiger partial charge in [-0.05, 0) is 19.3 Å². The Kier molecular flexibility index (Phi) is 5.11. The molecule has 0 aromatic carbocycles. The first-order valence-electron chi connectivity index (χ1n) is 3.45. The molecule has 0 aromatic heterocycles. The summed E-state index contributed by atoms with van der Waals surface area (Å²) >= 11 is 2.13. The van der Waals surface area contributed by atoms with Gasteiger partial charge in [0.15, 0.2) is 0 Å². The smallest absolute Gasteiger partial charge is 0.0650 e. The summed E-state index contributed by atoms with van der Waals surface area (Å²) in [5, 5.41) is 0. The molecule has 60 valence electrons. The highest BCUT2D eigenvalue weighted by Crippen LogP contribution is 2.18. The van der Waals surface area contributed by atoms with E-state index >= 15 is 0 Å². The van der Waals surface area contributed by atoms with Gasteiger partial charge < -0.3 is 8.92 Å². The van der Waals surface area contributed by atoms with Gasteiger partial charge in [0.25, 0.3) is 0 Å². The van der Waals surface area contributed by atoms with Crippen LogP contribution in [-0.4, -0.2) is 19.3 Å². The summed E-state index contributed by atoms with van der Waals surface area (Å²) in [5.74, 6) is 0. The normalized spacial score (nSPS) is 25.5. The zero-order valence-electron chi connectivity index (χ0n) is 5.72. The molecular weight excluding hydrogens is 263 g/mol. The average Bonchev–Trinajstić information content (AvgIpc) is 2.41. The molecule has 0 amide bonds. The summed E-state index contributed by atoms with van der Waals surface area (Å²) in [4.78, 5) is 0. The molecule has 0 N–H and O–H groups in total. The minimum absolute atomic E-state index is 0.476. The lowest BCUT2D eigenvalue weighted by Gasteiger charge is -2.06. The maximum Gasteiger partial charge on any atom is 0.0650 e. The predicted octanol–water partition coefficient (Wildman–Crippen LogP) is 2.57. The molecular formula is C6H11IO2S. The van der Waals surface area contributed by atoms with Crippen LogP contribution in [0.2, 0.25) is 0 Å². The van der Waals surface area contributed by atoms with Crippen LogP contribution < -0.4 is 0 Å². The SMILES string of the molecule is ISOCCC1CCCO1. The second kappa shape index (κ2) is 5.62. The predicted molar refractivity (Wildman–Crippen MR) is 51.2 cm³/mol. The molecule has 1 rings (SSSR count). The zero-order chi connectivity index (χ0) is 7.23. The monoisotopic (exact) mass is 274 g/mol. The first-order chi connectivity index (χ1) is 4.93. The molecule has 0 radical (unpaired) electrons. The van der Waals surface area contributed by atoms with Crippen LogP contribution in [0.1, 0.15) is 19.3 Å². The van der Waals surface area contributed by atoms with Crippen LogP contribution >= 0.6 is 30.4 Å². The van der Waals surface area contributed by atoms with Gasteiger partial charge in [-0.3, -0.25) is 0 Å². The molecule has 1 fully saturated rings. The van der Waals surface area contributed by atoms with Crippen LogP contribution in [0.3, 0.4) is 0 Å². The molecule has 0 spiro atoms. The molecule has 0 aliphatic carbocycles. The van der Waals surface area contributed by atoms with Crippen LogP contribution in [0, 0.1) is 0 Å². The summed E-state index contributed by atoms with van der Waals surface area (Å²) in [6, 6.07) is 0. The van der Waals surface area contributed by atoms with Crippen molar-refractivity contribution in [1.82, 2.24) is 0 Å². The van der Waals surface area contributed by atoms with Gasteiger partial charge in [0, 0.05) is 27.8 Å². The number of ether oxygens (including phenoxy) is 1. The standard InChI is InChI=1S/C6H11IO2S/c7-10-9-5-3-6-2-1-4-8-6/h6H,1-5H2. The topological polar surface area (TPSA) is 18.5 Å². The highest BCUT2D eigenvalue weighted by molar-refractivity contribution is 14.2. The third-order valence-corrected chi connectivity index (χ3v) is 2.61. The zero-order valence-corrected chi connectivity index (χ0v) is 8.69. The summed E-state index contributed by atoms with van der Waals surface area (Å²) in [6.07, 6.45) is 3.97. The molecule has 0 aromatic rings. The fraction of sp³-hybridized carbons (Fsp3) is 1.00. The molecule has 1 atom stereocenters. The average molecular weight is 274 g/mol. The van der Waals surface area contributed by atoms with Gasteiger partial charge in [0.1, 0.15) is 0 Å². The fourth-order valence-corrected chi connectivity index (χ4v) is 1.78. The Labute approximate surface area is 77.8 Å². The number of halogens is 1. The van der Waals surface area contributed by atoms with E-state index in [0.717, 1.165) is 19.6 Å². The molecule has 1 saturated heterocycles. The van der Waals surface area contributed by atoms with E-state index in [2.05, 4.69) is 21.2 Å². The van der Waals surface area contributed by atoms with Crippen LogP contribution in [0.25, 0.3) is 0 Å². The van der Waals surface area contributed by atoms with E-state index in [-0.39, 0.29) is 0 Å². The van der Waals surface area contributed by atoms with E-state index in [4.69, 9.17) is 8.92 Å². The lowest BCUT2D eigenvalue weighted by molar-refractivity contribution is 0.0935. The Morgan fingerprint density at radius 1 is 1.70 bits per heavy atom. The van der Waals surface area contributed by atoms with Gasteiger partial charge in [-0.1, -0.05) is 0 Å². The van der Waals surface area contributed by atoms with Crippen molar-refractivity contribution in [3.8, 4) is 0 Å². The highest BCUT2D eigenvalue weighted by atomic mass is 127. The number of hydrogen-bond acceptors (Lipinski definition) is 3. The molecule has 0 bridgehead atoms. The van der Waals surface area contributed by atoms with Gasteiger partial charge in [0.05, 0.1) is 21.9 Å². The van der Waals surface area contributed by atoms with Gasteiger partial charge in [0.2, 0.25) is 0 Å². The Hall–Kier alpha value is 1.00. The molecule has 1 aliphatic heterocycles. The van der Waals surface area contributed by atoms with Crippen LogP contribution in [0.15, 0.2) is 0 Å². The van der Waals surface area contributed by atoms with Crippen LogP contribution in [0.5, 0.6) is 0 Å². The molecule has 10 heavy (non-hydrogen) atoms. The molecule has 4 heteroatoms. The molecule has 1 aliphatic rings. The van der Waals surface area contributed by atoms with E-state index < -0.39 is 0 Å². The van der Waals surface area contributed by atoms with Crippen LogP contribution in [-0.2, 0) is 8.92 Å². The third-order valence-electron chi connectivity index (χ3n) is 1.59. The van der Waals surface area contributed by atoms with Crippen molar-refractivity contribution in [2.24, 2.45) is 0 Å². The van der Waals surface area contributed by atoms with E-state index in [9.17, 15) is 0 Å². The summed E-state index contributed by atoms with van der Waals surface area (Å²) in [6.45, 7) is 1.76. The molecule has 0 saturated carbocycles. The molecule has 1 heterocycles. The number of hydrogen-bond donors (Lipinski definition) is 0. The first-order valence-corrected chi connectivity index (χ1v) is 6.73. The van der Waals surface area contributed by atoms with Crippen molar-refractivity contribution >= 4 is 30.4 Å².